The molecule has 3 nitrogen and oxygen atoms in total. The number of fused-ring (bicyclic) bond motifs is 1. The number of carbonyl (C=O) groups is 1. The highest BCUT2D eigenvalue weighted by molar-refractivity contribution is 6.27. The van der Waals surface area contributed by atoms with Crippen LogP contribution in [0.15, 0.2) is 34.9 Å². The van der Waals surface area contributed by atoms with Crippen molar-refractivity contribution in [2.24, 2.45) is 5.92 Å². The van der Waals surface area contributed by atoms with Crippen LogP contribution in [0.4, 0.5) is 0 Å². The fraction of sp³-hybridized carbons (Fsp3) is 0.438. The minimum Gasteiger partial charge on any atom is -0.464 e. The molecule has 1 atom stereocenters. The van der Waals surface area contributed by atoms with E-state index in [9.17, 15) is 4.79 Å². The molecule has 0 N–H and O–H groups in total. The minimum absolute atomic E-state index is 0.00498. The van der Waals surface area contributed by atoms with Gasteiger partial charge in [0.25, 0.3) is 0 Å². The molecule has 106 valence electrons. The molecule has 0 spiro atoms. The Morgan fingerprint density at radius 1 is 1.45 bits per heavy atom. The third-order valence-electron chi connectivity index (χ3n) is 4.13. The first-order valence-electron chi connectivity index (χ1n) is 7.01. The summed E-state index contributed by atoms with van der Waals surface area (Å²) in [7, 11) is 0. The number of benzene rings is 1. The molecule has 2 aromatic rings. The highest BCUT2D eigenvalue weighted by atomic mass is 35.5. The van der Waals surface area contributed by atoms with Crippen LogP contribution >= 0.6 is 11.6 Å². The average Bonchev–Trinajstić information content (AvgIpc) is 3.20. The molecule has 0 aliphatic heterocycles. The Morgan fingerprint density at radius 2 is 2.25 bits per heavy atom. The molecule has 1 saturated carbocycles. The van der Waals surface area contributed by atoms with Crippen LogP contribution < -0.4 is 0 Å². The number of hydrogen-bond donors (Lipinski definition) is 0. The van der Waals surface area contributed by atoms with Gasteiger partial charge in [-0.15, -0.1) is 11.6 Å². The van der Waals surface area contributed by atoms with Crippen LogP contribution in [0.25, 0.3) is 11.0 Å². The molecular formula is C16H18ClNO2. The number of para-hydroxylation sites is 1. The van der Waals surface area contributed by atoms with E-state index < -0.39 is 0 Å². The van der Waals surface area contributed by atoms with E-state index >= 15 is 0 Å². The largest absolute Gasteiger partial charge is 0.464 e. The molecule has 1 aromatic carbocycles. The van der Waals surface area contributed by atoms with Crippen LogP contribution in [0, 0.1) is 5.92 Å². The third-order valence-corrected chi connectivity index (χ3v) is 4.36. The molecule has 0 unspecified atom stereocenters. The molecule has 0 bridgehead atoms. The lowest BCUT2D eigenvalue weighted by atomic mass is 10.1. The number of alkyl halides is 1. The maximum Gasteiger partial charge on any atom is 0.238 e. The number of amides is 1. The standard InChI is InChI=1S/C16H18ClNO2/c1-11(12-5-6-12)18(15(19)9-17)10-14-4-2-3-13-7-8-20-16(13)14/h2-4,7-8,11-12H,5-6,9-10H2,1H3/t11-/m1/s1. The van der Waals surface area contributed by atoms with Crippen molar-refractivity contribution in [3.05, 3.63) is 36.1 Å². The quantitative estimate of drug-likeness (QED) is 0.785. The van der Waals surface area contributed by atoms with Crippen molar-refractivity contribution in [3.8, 4) is 0 Å². The zero-order chi connectivity index (χ0) is 14.1. The Morgan fingerprint density at radius 3 is 2.95 bits per heavy atom. The Balaban J connectivity index is 1.88. The van der Waals surface area contributed by atoms with Gasteiger partial charge >= 0.3 is 0 Å². The summed E-state index contributed by atoms with van der Waals surface area (Å²) in [5.74, 6) is 0.651. The molecule has 4 heteroatoms. The van der Waals surface area contributed by atoms with Crippen molar-refractivity contribution in [1.29, 1.82) is 0 Å². The molecule has 1 aliphatic carbocycles. The summed E-state index contributed by atoms with van der Waals surface area (Å²) in [4.78, 5) is 14.0. The van der Waals surface area contributed by atoms with Gasteiger partial charge < -0.3 is 9.32 Å². The van der Waals surface area contributed by atoms with Crippen LogP contribution in [0.5, 0.6) is 0 Å². The van der Waals surface area contributed by atoms with E-state index in [4.69, 9.17) is 16.0 Å². The maximum atomic E-state index is 12.1. The van der Waals surface area contributed by atoms with Gasteiger partial charge in [-0.05, 0) is 31.7 Å². The van der Waals surface area contributed by atoms with Gasteiger partial charge in [-0.2, -0.15) is 0 Å². The fourth-order valence-electron chi connectivity index (χ4n) is 2.73. The van der Waals surface area contributed by atoms with Gasteiger partial charge in [0.1, 0.15) is 11.5 Å². The molecule has 20 heavy (non-hydrogen) atoms. The van der Waals surface area contributed by atoms with Crippen LogP contribution in [0.1, 0.15) is 25.3 Å². The zero-order valence-corrected chi connectivity index (χ0v) is 12.3. The average molecular weight is 292 g/mol. The van der Waals surface area contributed by atoms with Gasteiger partial charge in [-0.25, -0.2) is 0 Å². The Hall–Kier alpha value is -1.48. The predicted molar refractivity (Wildman–Crippen MR) is 79.7 cm³/mol. The lowest BCUT2D eigenvalue weighted by Gasteiger charge is -2.29. The van der Waals surface area contributed by atoms with E-state index in [1.807, 2.05) is 29.2 Å². The van der Waals surface area contributed by atoms with Crippen LogP contribution in [-0.2, 0) is 11.3 Å². The van der Waals surface area contributed by atoms with Gasteiger partial charge in [-0.3, -0.25) is 4.79 Å². The van der Waals surface area contributed by atoms with Gasteiger partial charge in [0.15, 0.2) is 0 Å². The molecule has 1 aliphatic rings. The smallest absolute Gasteiger partial charge is 0.238 e. The Bertz CT molecular complexity index is 618. The van der Waals surface area contributed by atoms with Gasteiger partial charge in [0.05, 0.1) is 6.26 Å². The van der Waals surface area contributed by atoms with Crippen molar-refractivity contribution in [1.82, 2.24) is 4.90 Å². The van der Waals surface area contributed by atoms with E-state index in [1.54, 1.807) is 6.26 Å². The molecule has 3 rings (SSSR count). The topological polar surface area (TPSA) is 33.5 Å². The first-order valence-corrected chi connectivity index (χ1v) is 7.54. The van der Waals surface area contributed by atoms with Crippen molar-refractivity contribution < 1.29 is 9.21 Å². The first kappa shape index (κ1) is 13.5. The molecular weight excluding hydrogens is 274 g/mol. The number of carbonyl (C=O) groups excluding carboxylic acids is 1. The Kier molecular flexibility index (Phi) is 3.70. The van der Waals surface area contributed by atoms with E-state index in [2.05, 4.69) is 6.92 Å². The lowest BCUT2D eigenvalue weighted by molar-refractivity contribution is -0.131. The normalized spacial score (nSPS) is 16.3. The number of furan rings is 1. The summed E-state index contributed by atoms with van der Waals surface area (Å²) < 4.78 is 5.55. The second kappa shape index (κ2) is 5.49. The zero-order valence-electron chi connectivity index (χ0n) is 11.5. The molecule has 0 saturated heterocycles. The molecule has 1 heterocycles. The van der Waals surface area contributed by atoms with Gasteiger partial charge in [0.2, 0.25) is 5.91 Å². The lowest BCUT2D eigenvalue weighted by Crippen LogP contribution is -2.40. The third kappa shape index (κ3) is 2.55. The van der Waals surface area contributed by atoms with Crippen LogP contribution in [0.3, 0.4) is 0 Å². The number of halogens is 1. The maximum absolute atomic E-state index is 12.1. The van der Waals surface area contributed by atoms with Crippen LogP contribution in [-0.4, -0.2) is 22.7 Å². The molecule has 1 amide bonds. The SMILES string of the molecule is C[C@H](C1CC1)N(Cc1cccc2ccoc12)C(=O)CCl. The van der Waals surface area contributed by atoms with Gasteiger partial charge in [-0.1, -0.05) is 18.2 Å². The van der Waals surface area contributed by atoms with E-state index in [1.165, 1.54) is 12.8 Å². The number of rotatable bonds is 5. The number of nitrogens with zero attached hydrogens (tertiary/aromatic N) is 1. The Labute approximate surface area is 123 Å². The first-order chi connectivity index (χ1) is 9.70. The summed E-state index contributed by atoms with van der Waals surface area (Å²) in [6.45, 7) is 2.68. The van der Waals surface area contributed by atoms with Crippen molar-refractivity contribution in [3.63, 3.8) is 0 Å². The van der Waals surface area contributed by atoms with Crippen LogP contribution in [0.2, 0.25) is 0 Å². The summed E-state index contributed by atoms with van der Waals surface area (Å²) in [5, 5.41) is 1.07. The molecule has 0 radical (unpaired) electrons. The fourth-order valence-corrected chi connectivity index (χ4v) is 2.89. The molecule has 1 aromatic heterocycles. The summed E-state index contributed by atoms with van der Waals surface area (Å²) in [5.41, 5.74) is 1.90. The summed E-state index contributed by atoms with van der Waals surface area (Å²) in [6.07, 6.45) is 4.10. The van der Waals surface area contributed by atoms with Crippen molar-refractivity contribution >= 4 is 28.5 Å². The summed E-state index contributed by atoms with van der Waals surface area (Å²) in [6, 6.07) is 8.21. The van der Waals surface area contributed by atoms with E-state index in [0.29, 0.717) is 12.5 Å². The summed E-state index contributed by atoms with van der Waals surface area (Å²) >= 11 is 5.76. The van der Waals surface area contributed by atoms with Crippen molar-refractivity contribution in [2.75, 3.05) is 5.88 Å². The molecule has 1 fully saturated rings. The second-order valence-corrected chi connectivity index (χ2v) is 5.76. The van der Waals surface area contributed by atoms with Gasteiger partial charge in [0, 0.05) is 23.5 Å². The second-order valence-electron chi connectivity index (χ2n) is 5.49. The highest BCUT2D eigenvalue weighted by Crippen LogP contribution is 2.36. The monoisotopic (exact) mass is 291 g/mol. The minimum atomic E-state index is -0.00498. The predicted octanol–water partition coefficient (Wildman–Crippen LogP) is 3.80. The van der Waals surface area contributed by atoms with Crippen molar-refractivity contribution in [2.45, 2.75) is 32.4 Å². The number of hydrogen-bond acceptors (Lipinski definition) is 2. The van der Waals surface area contributed by atoms with E-state index in [-0.39, 0.29) is 17.8 Å². The van der Waals surface area contributed by atoms with E-state index in [0.717, 1.165) is 16.5 Å². The highest BCUT2D eigenvalue weighted by Gasteiger charge is 2.34.